The molecular formula is C27H25BrO7. The number of aliphatic hydroxyl groups is 1. The van der Waals surface area contributed by atoms with Gasteiger partial charge in [0.2, 0.25) is 0 Å². The molecule has 0 saturated carbocycles. The number of esters is 2. The fourth-order valence-electron chi connectivity index (χ4n) is 3.78. The summed E-state index contributed by atoms with van der Waals surface area (Å²) < 4.78 is 23.3. The van der Waals surface area contributed by atoms with Crippen LogP contribution in [0.4, 0.5) is 0 Å². The molecule has 1 fully saturated rings. The van der Waals surface area contributed by atoms with Crippen molar-refractivity contribution < 1.29 is 33.6 Å². The zero-order valence-corrected chi connectivity index (χ0v) is 20.3. The van der Waals surface area contributed by atoms with Gasteiger partial charge in [-0.05, 0) is 29.8 Å². The van der Waals surface area contributed by atoms with Gasteiger partial charge >= 0.3 is 11.9 Å². The molecule has 3 aromatic carbocycles. The predicted molar refractivity (Wildman–Crippen MR) is 131 cm³/mol. The number of aliphatic hydroxyl groups excluding tert-OH is 1. The Labute approximate surface area is 211 Å². The largest absolute Gasteiger partial charge is 0.452 e. The summed E-state index contributed by atoms with van der Waals surface area (Å²) in [5.74, 6) is -1.31. The maximum Gasteiger partial charge on any atom is 0.338 e. The van der Waals surface area contributed by atoms with Crippen LogP contribution in [0.5, 0.6) is 0 Å². The van der Waals surface area contributed by atoms with Gasteiger partial charge in [0.1, 0.15) is 12.2 Å². The summed E-state index contributed by atoms with van der Waals surface area (Å²) in [6.45, 7) is 0.202. The zero-order chi connectivity index (χ0) is 24.6. The van der Waals surface area contributed by atoms with Gasteiger partial charge in [-0.2, -0.15) is 0 Å². The minimum absolute atomic E-state index is 0.202. The molecule has 3 aromatic rings. The topological polar surface area (TPSA) is 91.3 Å². The van der Waals surface area contributed by atoms with Gasteiger partial charge < -0.3 is 24.1 Å². The Hall–Kier alpha value is -3.04. The van der Waals surface area contributed by atoms with E-state index in [-0.39, 0.29) is 12.2 Å². The van der Waals surface area contributed by atoms with Gasteiger partial charge in [0.05, 0.1) is 17.7 Å². The quantitative estimate of drug-likeness (QED) is 0.339. The summed E-state index contributed by atoms with van der Waals surface area (Å²) in [5, 5.41) is 11.0. The monoisotopic (exact) mass is 540 g/mol. The third-order valence-corrected chi connectivity index (χ3v) is 6.19. The second-order valence-electron chi connectivity index (χ2n) is 7.95. The summed E-state index contributed by atoms with van der Waals surface area (Å²) >= 11 is 3.39. The van der Waals surface area contributed by atoms with Gasteiger partial charge in [-0.1, -0.05) is 82.7 Å². The molecule has 1 N–H and O–H groups in total. The molecule has 0 spiro atoms. The molecule has 1 aliphatic rings. The van der Waals surface area contributed by atoms with Crippen LogP contribution >= 0.6 is 15.9 Å². The molecule has 1 aliphatic heterocycles. The highest BCUT2D eigenvalue weighted by molar-refractivity contribution is 9.09. The molecule has 0 amide bonds. The highest BCUT2D eigenvalue weighted by Gasteiger charge is 2.50. The number of rotatable bonds is 8. The third-order valence-electron chi connectivity index (χ3n) is 5.55. The lowest BCUT2D eigenvalue weighted by atomic mass is 9.98. The van der Waals surface area contributed by atoms with Crippen LogP contribution in [0.2, 0.25) is 0 Å². The number of alkyl halides is 1. The first kappa shape index (κ1) is 25.1. The van der Waals surface area contributed by atoms with Gasteiger partial charge in [-0.3, -0.25) is 0 Å². The van der Waals surface area contributed by atoms with E-state index in [9.17, 15) is 14.7 Å². The van der Waals surface area contributed by atoms with Crippen molar-refractivity contribution in [2.75, 3.05) is 5.33 Å². The second-order valence-corrected chi connectivity index (χ2v) is 8.60. The molecule has 1 heterocycles. The number of hydrogen-bond donors (Lipinski definition) is 1. The normalized spacial score (nSPS) is 23.9. The third kappa shape index (κ3) is 6.35. The molecule has 0 aromatic heterocycles. The van der Waals surface area contributed by atoms with Crippen molar-refractivity contribution in [1.29, 1.82) is 0 Å². The Balaban J connectivity index is 1.62. The van der Waals surface area contributed by atoms with Crippen molar-refractivity contribution in [2.24, 2.45) is 0 Å². The maximum absolute atomic E-state index is 13.0. The van der Waals surface area contributed by atoms with E-state index in [0.717, 1.165) is 5.56 Å². The van der Waals surface area contributed by atoms with E-state index in [1.165, 1.54) is 0 Å². The molecule has 7 nitrogen and oxygen atoms in total. The molecule has 0 bridgehead atoms. The van der Waals surface area contributed by atoms with Crippen LogP contribution < -0.4 is 0 Å². The van der Waals surface area contributed by atoms with Crippen molar-refractivity contribution in [2.45, 2.75) is 37.3 Å². The van der Waals surface area contributed by atoms with E-state index in [0.29, 0.717) is 10.9 Å². The Morgan fingerprint density at radius 2 is 1.23 bits per heavy atom. The van der Waals surface area contributed by atoms with Gasteiger partial charge in [-0.15, -0.1) is 0 Å². The molecule has 0 unspecified atom stereocenters. The van der Waals surface area contributed by atoms with E-state index in [2.05, 4.69) is 15.9 Å². The van der Waals surface area contributed by atoms with E-state index < -0.39 is 42.6 Å². The molecule has 182 valence electrons. The maximum atomic E-state index is 13.0. The van der Waals surface area contributed by atoms with E-state index in [1.54, 1.807) is 60.7 Å². The number of benzene rings is 3. The Morgan fingerprint density at radius 3 is 1.74 bits per heavy atom. The molecule has 35 heavy (non-hydrogen) atoms. The van der Waals surface area contributed by atoms with Gasteiger partial charge in [0.15, 0.2) is 18.5 Å². The SMILES string of the molecule is O=C(O[C@@H]1[C@@H](OC(=O)c2ccccc2)[C@@H](O)O[C@H](CBr)[C@H]1OCc1ccccc1)c1ccccc1. The highest BCUT2D eigenvalue weighted by atomic mass is 79.9. The van der Waals surface area contributed by atoms with Gasteiger partial charge in [0.25, 0.3) is 0 Å². The number of hydrogen-bond acceptors (Lipinski definition) is 7. The smallest absolute Gasteiger partial charge is 0.338 e. The Bertz CT molecular complexity index is 1090. The number of carbonyl (C=O) groups is 2. The summed E-state index contributed by atoms with van der Waals surface area (Å²) in [6, 6.07) is 26.3. The average molecular weight is 541 g/mol. The van der Waals surface area contributed by atoms with Gasteiger partial charge in [-0.25, -0.2) is 9.59 Å². The summed E-state index contributed by atoms with van der Waals surface area (Å²) in [7, 11) is 0. The van der Waals surface area contributed by atoms with Crippen molar-refractivity contribution >= 4 is 27.9 Å². The molecular weight excluding hydrogens is 516 g/mol. The van der Waals surface area contributed by atoms with E-state index >= 15 is 0 Å². The fourth-order valence-corrected chi connectivity index (χ4v) is 4.30. The fraction of sp³-hybridized carbons (Fsp3) is 0.259. The molecule has 4 rings (SSSR count). The molecule has 8 heteroatoms. The lowest BCUT2D eigenvalue weighted by Crippen LogP contribution is -2.61. The van der Waals surface area contributed by atoms with Crippen LogP contribution in [0, 0.1) is 0 Å². The number of halogens is 1. The molecule has 1 saturated heterocycles. The first-order chi connectivity index (χ1) is 17.1. The van der Waals surface area contributed by atoms with E-state index in [1.807, 2.05) is 30.3 Å². The molecule has 0 radical (unpaired) electrons. The standard InChI is InChI=1S/C27H25BrO7/c28-16-21-22(32-17-18-10-4-1-5-11-18)23(34-25(29)19-12-6-2-7-13-19)24(27(31)33-21)35-26(30)20-14-8-3-9-15-20/h1-15,21-24,27,31H,16-17H2/t21-,22-,23+,24-,27+/m1/s1. The Kier molecular flexibility index (Phi) is 8.65. The minimum Gasteiger partial charge on any atom is -0.452 e. The lowest BCUT2D eigenvalue weighted by molar-refractivity contribution is -0.284. The number of carbonyl (C=O) groups excluding carboxylic acids is 2. The van der Waals surface area contributed by atoms with Crippen LogP contribution in [0.1, 0.15) is 26.3 Å². The van der Waals surface area contributed by atoms with Crippen LogP contribution in [0.15, 0.2) is 91.0 Å². The van der Waals surface area contributed by atoms with Crippen molar-refractivity contribution in [3.63, 3.8) is 0 Å². The average Bonchev–Trinajstić information content (AvgIpc) is 2.91. The van der Waals surface area contributed by atoms with E-state index in [4.69, 9.17) is 18.9 Å². The van der Waals surface area contributed by atoms with Crippen LogP contribution in [-0.4, -0.2) is 53.1 Å². The first-order valence-electron chi connectivity index (χ1n) is 11.1. The van der Waals surface area contributed by atoms with Gasteiger partial charge in [0, 0.05) is 5.33 Å². The molecule has 0 aliphatic carbocycles. The Morgan fingerprint density at radius 1 is 0.743 bits per heavy atom. The van der Waals surface area contributed by atoms with Crippen molar-refractivity contribution in [3.05, 3.63) is 108 Å². The van der Waals surface area contributed by atoms with Crippen LogP contribution in [-0.2, 0) is 25.6 Å². The zero-order valence-electron chi connectivity index (χ0n) is 18.7. The summed E-state index contributed by atoms with van der Waals surface area (Å²) in [6.07, 6.45) is -5.49. The predicted octanol–water partition coefficient (Wildman–Crippen LogP) is 4.14. The van der Waals surface area contributed by atoms with Crippen molar-refractivity contribution in [3.8, 4) is 0 Å². The van der Waals surface area contributed by atoms with Crippen LogP contribution in [0.25, 0.3) is 0 Å². The highest BCUT2D eigenvalue weighted by Crippen LogP contribution is 2.30. The first-order valence-corrected chi connectivity index (χ1v) is 12.3. The minimum atomic E-state index is -1.53. The molecule has 5 atom stereocenters. The lowest BCUT2D eigenvalue weighted by Gasteiger charge is -2.43. The van der Waals surface area contributed by atoms with Crippen molar-refractivity contribution in [1.82, 2.24) is 0 Å². The van der Waals surface area contributed by atoms with Crippen LogP contribution in [0.3, 0.4) is 0 Å². The summed E-state index contributed by atoms with van der Waals surface area (Å²) in [4.78, 5) is 25.8. The second kappa shape index (κ2) is 12.1. The summed E-state index contributed by atoms with van der Waals surface area (Å²) in [5.41, 5.74) is 1.51. The number of ether oxygens (including phenoxy) is 4.